The number of rotatable bonds is 2. The van der Waals surface area contributed by atoms with Crippen molar-refractivity contribution in [2.75, 3.05) is 0 Å². The number of halogens is 1. The monoisotopic (exact) mass is 336 g/mol. The van der Waals surface area contributed by atoms with E-state index >= 15 is 0 Å². The van der Waals surface area contributed by atoms with Gasteiger partial charge in [-0.15, -0.1) is 0 Å². The van der Waals surface area contributed by atoms with Crippen molar-refractivity contribution in [2.24, 2.45) is 0 Å². The molecule has 1 aromatic heterocycles. The van der Waals surface area contributed by atoms with Gasteiger partial charge in [0.25, 0.3) is 15.6 Å². The highest BCUT2D eigenvalue weighted by molar-refractivity contribution is 7.90. The van der Waals surface area contributed by atoms with Gasteiger partial charge in [-0.1, -0.05) is 29.8 Å². The Labute approximate surface area is 129 Å². The first kappa shape index (κ1) is 14.6. The SMILES string of the molecule is O=c1[nH]c(=O)n(S(=O)(=O)c2ccccc2)c2cc(Cl)ccc12. The van der Waals surface area contributed by atoms with Crippen LogP contribution in [0.4, 0.5) is 0 Å². The highest BCUT2D eigenvalue weighted by Gasteiger charge is 2.22. The second-order valence-electron chi connectivity index (χ2n) is 4.50. The Balaban J connectivity index is 2.49. The summed E-state index contributed by atoms with van der Waals surface area (Å²) in [5.74, 6) is 0. The van der Waals surface area contributed by atoms with Crippen molar-refractivity contribution < 1.29 is 8.42 Å². The zero-order valence-electron chi connectivity index (χ0n) is 11.0. The third-order valence-corrected chi connectivity index (χ3v) is 5.06. The first-order valence-corrected chi connectivity index (χ1v) is 7.98. The molecule has 3 rings (SSSR count). The number of H-pyrrole nitrogens is 1. The minimum atomic E-state index is -4.15. The van der Waals surface area contributed by atoms with Gasteiger partial charge in [0.2, 0.25) is 0 Å². The first-order chi connectivity index (χ1) is 10.4. The maximum absolute atomic E-state index is 12.7. The molecular formula is C14H9ClN2O4S. The molecule has 0 unspecified atom stereocenters. The number of nitrogens with zero attached hydrogens (tertiary/aromatic N) is 1. The van der Waals surface area contributed by atoms with Crippen LogP contribution in [0.2, 0.25) is 5.02 Å². The van der Waals surface area contributed by atoms with E-state index in [0.29, 0.717) is 3.97 Å². The average Bonchev–Trinajstić information content (AvgIpc) is 2.47. The lowest BCUT2D eigenvalue weighted by molar-refractivity contribution is 0.586. The van der Waals surface area contributed by atoms with Crippen molar-refractivity contribution in [1.29, 1.82) is 0 Å². The standard InChI is InChI=1S/C14H9ClN2O4S/c15-9-6-7-11-12(8-9)17(14(19)16-13(11)18)22(20,21)10-4-2-1-3-5-10/h1-8H,(H,16,18,19). The maximum Gasteiger partial charge on any atom is 0.343 e. The zero-order valence-corrected chi connectivity index (χ0v) is 12.6. The van der Waals surface area contributed by atoms with E-state index in [9.17, 15) is 18.0 Å². The molecule has 2 aromatic carbocycles. The summed E-state index contributed by atoms with van der Waals surface area (Å²) in [5.41, 5.74) is -1.77. The topological polar surface area (TPSA) is 89.0 Å². The van der Waals surface area contributed by atoms with Gasteiger partial charge in [0.15, 0.2) is 0 Å². The van der Waals surface area contributed by atoms with Crippen LogP contribution in [0.5, 0.6) is 0 Å². The van der Waals surface area contributed by atoms with E-state index in [1.807, 2.05) is 4.98 Å². The fourth-order valence-electron chi connectivity index (χ4n) is 2.13. The summed E-state index contributed by atoms with van der Waals surface area (Å²) in [5, 5.41) is 0.276. The van der Waals surface area contributed by atoms with Crippen LogP contribution in [0.15, 0.2) is 63.0 Å². The van der Waals surface area contributed by atoms with Gasteiger partial charge in [-0.2, -0.15) is 3.97 Å². The van der Waals surface area contributed by atoms with Crippen LogP contribution in [0.25, 0.3) is 10.9 Å². The van der Waals surface area contributed by atoms with E-state index < -0.39 is 21.3 Å². The summed E-state index contributed by atoms with van der Waals surface area (Å²) in [6, 6.07) is 11.6. The van der Waals surface area contributed by atoms with Crippen molar-refractivity contribution in [3.8, 4) is 0 Å². The third-order valence-electron chi connectivity index (χ3n) is 3.11. The summed E-state index contributed by atoms with van der Waals surface area (Å²) >= 11 is 5.87. The summed E-state index contributed by atoms with van der Waals surface area (Å²) in [6.45, 7) is 0. The van der Waals surface area contributed by atoms with Crippen LogP contribution >= 0.6 is 11.6 Å². The number of hydrogen-bond donors (Lipinski definition) is 1. The summed E-state index contributed by atoms with van der Waals surface area (Å²) < 4.78 is 25.9. The molecule has 0 saturated heterocycles. The van der Waals surface area contributed by atoms with Crippen LogP contribution in [0.3, 0.4) is 0 Å². The van der Waals surface area contributed by atoms with Gasteiger partial charge in [0.05, 0.1) is 15.8 Å². The Morgan fingerprint density at radius 1 is 1.00 bits per heavy atom. The highest BCUT2D eigenvalue weighted by atomic mass is 35.5. The van der Waals surface area contributed by atoms with E-state index in [2.05, 4.69) is 0 Å². The Morgan fingerprint density at radius 2 is 1.68 bits per heavy atom. The number of aromatic nitrogens is 2. The molecule has 0 aliphatic heterocycles. The van der Waals surface area contributed by atoms with Gasteiger partial charge >= 0.3 is 5.69 Å². The Bertz CT molecular complexity index is 1090. The largest absolute Gasteiger partial charge is 0.343 e. The molecule has 0 bridgehead atoms. The molecule has 112 valence electrons. The quantitative estimate of drug-likeness (QED) is 0.769. The number of aromatic amines is 1. The molecular weight excluding hydrogens is 328 g/mol. The molecule has 0 atom stereocenters. The lowest BCUT2D eigenvalue weighted by Gasteiger charge is -2.10. The normalized spacial score (nSPS) is 11.7. The summed E-state index contributed by atoms with van der Waals surface area (Å²) in [7, 11) is -4.15. The molecule has 0 aliphatic rings. The van der Waals surface area contributed by atoms with Crippen molar-refractivity contribution >= 4 is 32.5 Å². The van der Waals surface area contributed by atoms with Crippen molar-refractivity contribution in [3.63, 3.8) is 0 Å². The fraction of sp³-hybridized carbons (Fsp3) is 0. The van der Waals surface area contributed by atoms with Gasteiger partial charge in [-0.3, -0.25) is 9.78 Å². The fourth-order valence-corrected chi connectivity index (χ4v) is 3.68. The highest BCUT2D eigenvalue weighted by Crippen LogP contribution is 2.19. The first-order valence-electron chi connectivity index (χ1n) is 6.16. The lowest BCUT2D eigenvalue weighted by atomic mass is 10.2. The van der Waals surface area contributed by atoms with E-state index in [0.717, 1.165) is 0 Å². The molecule has 6 nitrogen and oxygen atoms in total. The van der Waals surface area contributed by atoms with Crippen molar-refractivity contribution in [3.05, 3.63) is 74.4 Å². The molecule has 3 aromatic rings. The number of fused-ring (bicyclic) bond motifs is 1. The van der Waals surface area contributed by atoms with Gasteiger partial charge in [0.1, 0.15) is 0 Å². The van der Waals surface area contributed by atoms with Gasteiger partial charge in [0, 0.05) is 5.02 Å². The van der Waals surface area contributed by atoms with E-state index in [-0.39, 0.29) is 20.8 Å². The van der Waals surface area contributed by atoms with Crippen LogP contribution in [0, 0.1) is 0 Å². The minimum absolute atomic E-state index is 0.0588. The summed E-state index contributed by atoms with van der Waals surface area (Å²) in [6.07, 6.45) is 0. The second kappa shape index (κ2) is 5.11. The lowest BCUT2D eigenvalue weighted by Crippen LogP contribution is -2.34. The van der Waals surface area contributed by atoms with Gasteiger partial charge < -0.3 is 0 Å². The molecule has 0 amide bonds. The predicted molar refractivity (Wildman–Crippen MR) is 82.9 cm³/mol. The minimum Gasteiger partial charge on any atom is -0.273 e. The molecule has 0 fully saturated rings. The van der Waals surface area contributed by atoms with Crippen LogP contribution in [-0.4, -0.2) is 17.4 Å². The predicted octanol–water partition coefficient (Wildman–Crippen LogP) is 1.58. The van der Waals surface area contributed by atoms with Crippen molar-refractivity contribution in [1.82, 2.24) is 8.96 Å². The summed E-state index contributed by atoms with van der Waals surface area (Å²) in [4.78, 5) is 25.8. The zero-order chi connectivity index (χ0) is 15.9. The number of benzene rings is 2. The smallest absolute Gasteiger partial charge is 0.273 e. The maximum atomic E-state index is 12.7. The van der Waals surface area contributed by atoms with Crippen LogP contribution in [-0.2, 0) is 10.0 Å². The molecule has 8 heteroatoms. The van der Waals surface area contributed by atoms with Crippen LogP contribution in [0.1, 0.15) is 0 Å². The van der Waals surface area contributed by atoms with Gasteiger partial charge in [-0.05, 0) is 30.3 Å². The number of hydrogen-bond acceptors (Lipinski definition) is 4. The van der Waals surface area contributed by atoms with E-state index in [1.165, 1.54) is 30.3 Å². The van der Waals surface area contributed by atoms with Crippen LogP contribution < -0.4 is 11.2 Å². The molecule has 0 spiro atoms. The number of nitrogens with one attached hydrogen (secondary N) is 1. The third kappa shape index (κ3) is 2.24. The van der Waals surface area contributed by atoms with E-state index in [4.69, 9.17) is 11.6 Å². The Kier molecular flexibility index (Phi) is 3.38. The molecule has 1 N–H and O–H groups in total. The molecule has 0 aliphatic carbocycles. The van der Waals surface area contributed by atoms with Gasteiger partial charge in [-0.25, -0.2) is 13.2 Å². The molecule has 0 saturated carbocycles. The molecule has 22 heavy (non-hydrogen) atoms. The van der Waals surface area contributed by atoms with E-state index in [1.54, 1.807) is 18.2 Å². The van der Waals surface area contributed by atoms with Crippen molar-refractivity contribution in [2.45, 2.75) is 4.90 Å². The second-order valence-corrected chi connectivity index (χ2v) is 6.73. The molecule has 0 radical (unpaired) electrons. The average molecular weight is 337 g/mol. The molecule has 1 heterocycles. The Hall–Kier alpha value is -2.38. The Morgan fingerprint density at radius 3 is 2.36 bits per heavy atom.